The maximum Gasteiger partial charge on any atom is 0.162 e. The van der Waals surface area contributed by atoms with Gasteiger partial charge in [0.15, 0.2) is 11.6 Å². The molecule has 2 aliphatic carbocycles. The molecule has 2 bridgehead atoms. The molecule has 3 aliphatic rings. The van der Waals surface area contributed by atoms with Gasteiger partial charge in [-0.2, -0.15) is 0 Å². The van der Waals surface area contributed by atoms with Crippen molar-refractivity contribution in [2.75, 3.05) is 12.0 Å². The highest BCUT2D eigenvalue weighted by molar-refractivity contribution is 5.95. The number of carbonyl (C=O) groups excluding carboxylic acids is 1. The second-order valence-electron chi connectivity index (χ2n) is 7.36. The number of ketones is 1. The first kappa shape index (κ1) is 12.4. The van der Waals surface area contributed by atoms with Crippen LogP contribution < -0.4 is 5.43 Å². The van der Waals surface area contributed by atoms with E-state index in [9.17, 15) is 4.79 Å². The molecule has 20 heavy (non-hydrogen) atoms. The van der Waals surface area contributed by atoms with Crippen molar-refractivity contribution in [3.63, 3.8) is 0 Å². The zero-order valence-electron chi connectivity index (χ0n) is 12.4. The van der Waals surface area contributed by atoms with Crippen molar-refractivity contribution in [1.82, 2.24) is 14.9 Å². The van der Waals surface area contributed by atoms with Crippen LogP contribution in [0.25, 0.3) is 0 Å². The first-order chi connectivity index (χ1) is 9.47. The minimum atomic E-state index is -0.191. The van der Waals surface area contributed by atoms with Crippen LogP contribution in [0.3, 0.4) is 0 Å². The third-order valence-corrected chi connectivity index (χ3v) is 6.41. The summed E-state index contributed by atoms with van der Waals surface area (Å²) in [5.41, 5.74) is 3.22. The number of carbonyl (C=O) groups is 1. The maximum atomic E-state index is 13.0. The lowest BCUT2D eigenvalue weighted by atomic mass is 9.70. The fraction of sp³-hybridized carbons (Fsp3) is 0.800. The first-order valence-electron chi connectivity index (χ1n) is 7.69. The topological polar surface area (TPSA) is 59.8 Å². The second-order valence-corrected chi connectivity index (χ2v) is 7.36. The Balaban J connectivity index is 1.81. The summed E-state index contributed by atoms with van der Waals surface area (Å²) in [6.45, 7) is 7.59. The summed E-state index contributed by atoms with van der Waals surface area (Å²) < 4.78 is 1.99. The van der Waals surface area contributed by atoms with Crippen LogP contribution in [0, 0.1) is 16.7 Å². The molecular weight excluding hydrogens is 252 g/mol. The molecule has 3 atom stereocenters. The van der Waals surface area contributed by atoms with E-state index in [2.05, 4.69) is 36.4 Å². The van der Waals surface area contributed by atoms with Crippen molar-refractivity contribution in [3.05, 3.63) is 11.6 Å². The number of hydrogen-bond donors (Lipinski definition) is 1. The van der Waals surface area contributed by atoms with Gasteiger partial charge in [0, 0.05) is 18.4 Å². The van der Waals surface area contributed by atoms with Crippen molar-refractivity contribution < 1.29 is 4.79 Å². The molecule has 0 aromatic carbocycles. The fourth-order valence-electron chi connectivity index (χ4n) is 4.69. The number of hydrogen-bond acceptors (Lipinski definition) is 4. The first-order valence-corrected chi connectivity index (χ1v) is 7.69. The van der Waals surface area contributed by atoms with Crippen LogP contribution in [-0.2, 0) is 11.2 Å². The molecule has 0 amide bonds. The van der Waals surface area contributed by atoms with Gasteiger partial charge in [0.25, 0.3) is 0 Å². The summed E-state index contributed by atoms with van der Waals surface area (Å²) in [4.78, 5) is 13.0. The monoisotopic (exact) mass is 274 g/mol. The third-order valence-electron chi connectivity index (χ3n) is 6.41. The van der Waals surface area contributed by atoms with Crippen molar-refractivity contribution in [2.24, 2.45) is 16.7 Å². The number of fused-ring (bicyclic) bond motifs is 3. The van der Waals surface area contributed by atoms with Gasteiger partial charge in [-0.1, -0.05) is 20.8 Å². The summed E-state index contributed by atoms with van der Waals surface area (Å²) in [6, 6.07) is 0. The highest BCUT2D eigenvalue weighted by Gasteiger charge is 2.67. The van der Waals surface area contributed by atoms with Crippen LogP contribution in [0.1, 0.15) is 57.6 Å². The fourth-order valence-corrected chi connectivity index (χ4v) is 4.69. The van der Waals surface area contributed by atoms with Crippen LogP contribution >= 0.6 is 0 Å². The van der Waals surface area contributed by atoms with Gasteiger partial charge in [-0.15, -0.1) is 10.2 Å². The van der Waals surface area contributed by atoms with E-state index >= 15 is 0 Å². The van der Waals surface area contributed by atoms with E-state index in [1.54, 1.807) is 0 Å². The van der Waals surface area contributed by atoms with E-state index in [4.69, 9.17) is 0 Å². The quantitative estimate of drug-likeness (QED) is 0.849. The summed E-state index contributed by atoms with van der Waals surface area (Å²) in [7, 11) is 0. The highest BCUT2D eigenvalue weighted by Crippen LogP contribution is 2.67. The molecule has 5 heteroatoms. The number of nitrogens with zero attached hydrogens (tertiary/aromatic N) is 3. The van der Waals surface area contributed by atoms with Gasteiger partial charge in [0.05, 0.1) is 5.92 Å². The largest absolute Gasteiger partial charge is 0.323 e. The van der Waals surface area contributed by atoms with Crippen molar-refractivity contribution in [1.29, 1.82) is 0 Å². The Morgan fingerprint density at radius 1 is 1.30 bits per heavy atom. The molecule has 0 saturated heterocycles. The Bertz CT molecular complexity index is 591. The zero-order valence-corrected chi connectivity index (χ0v) is 12.4. The average molecular weight is 274 g/mol. The molecule has 5 nitrogen and oxygen atoms in total. The van der Waals surface area contributed by atoms with Crippen molar-refractivity contribution >= 4 is 5.78 Å². The molecule has 0 unspecified atom stereocenters. The molecule has 2 heterocycles. The molecule has 1 aromatic rings. The Labute approximate surface area is 119 Å². The van der Waals surface area contributed by atoms with Gasteiger partial charge in [-0.05, 0) is 30.6 Å². The van der Waals surface area contributed by atoms with E-state index in [-0.39, 0.29) is 16.7 Å². The summed E-state index contributed by atoms with van der Waals surface area (Å²) >= 11 is 0. The van der Waals surface area contributed by atoms with Gasteiger partial charge < -0.3 is 5.43 Å². The Hall–Kier alpha value is -1.39. The minimum absolute atomic E-state index is 0.0653. The molecule has 2 fully saturated rings. The summed E-state index contributed by atoms with van der Waals surface area (Å²) in [6.07, 6.45) is 4.19. The normalized spacial score (nSPS) is 37.9. The Morgan fingerprint density at radius 2 is 2.10 bits per heavy atom. The number of aryl methyl sites for hydroxylation is 1. The number of Topliss-reactive ketones (excluding diaryl/α,β-unsaturated/α-hetero) is 1. The second kappa shape index (κ2) is 3.62. The van der Waals surface area contributed by atoms with E-state index in [0.29, 0.717) is 11.7 Å². The highest BCUT2D eigenvalue weighted by atomic mass is 16.1. The smallest absolute Gasteiger partial charge is 0.162 e. The van der Waals surface area contributed by atoms with Gasteiger partial charge in [-0.25, -0.2) is 4.68 Å². The predicted octanol–water partition coefficient (Wildman–Crippen LogP) is 1.88. The Morgan fingerprint density at radius 3 is 2.80 bits per heavy atom. The van der Waals surface area contributed by atoms with E-state index < -0.39 is 0 Å². The van der Waals surface area contributed by atoms with Gasteiger partial charge in [0.1, 0.15) is 5.78 Å². The summed E-state index contributed by atoms with van der Waals surface area (Å²) in [5.74, 6) is 2.53. The van der Waals surface area contributed by atoms with Crippen LogP contribution in [0.2, 0.25) is 0 Å². The van der Waals surface area contributed by atoms with Gasteiger partial charge in [0.2, 0.25) is 0 Å². The number of rotatable bonds is 1. The van der Waals surface area contributed by atoms with Crippen LogP contribution in [0.5, 0.6) is 0 Å². The zero-order chi connectivity index (χ0) is 14.1. The van der Waals surface area contributed by atoms with Crippen LogP contribution in [-0.4, -0.2) is 27.2 Å². The molecule has 1 aliphatic heterocycles. The van der Waals surface area contributed by atoms with Crippen molar-refractivity contribution in [3.8, 4) is 0 Å². The average Bonchev–Trinajstić information content (AvgIpc) is 2.98. The van der Waals surface area contributed by atoms with Crippen molar-refractivity contribution in [2.45, 2.75) is 52.4 Å². The standard InChI is InChI=1S/C15H22N4O/c1-14(2)9-6-7-15(14,3)12(20)11(9)13-18-17-10-5-4-8-16-19(10)13/h9,11,16H,4-8H2,1-3H3/t9-,11+,15+/m1/s1. The molecular formula is C15H22N4O. The van der Waals surface area contributed by atoms with Gasteiger partial charge >= 0.3 is 0 Å². The SMILES string of the molecule is CC1(C)[C@@H]2CC[C@@]1(C)C(=O)[C@H]2c1nnc2n1NCCC2. The lowest BCUT2D eigenvalue weighted by molar-refractivity contribution is -0.129. The summed E-state index contributed by atoms with van der Waals surface area (Å²) in [5, 5.41) is 8.66. The molecule has 1 aromatic heterocycles. The van der Waals surface area contributed by atoms with E-state index in [0.717, 1.165) is 43.9 Å². The van der Waals surface area contributed by atoms with Crippen LogP contribution in [0.4, 0.5) is 0 Å². The van der Waals surface area contributed by atoms with Gasteiger partial charge in [-0.3, -0.25) is 4.79 Å². The molecule has 1 N–H and O–H groups in total. The van der Waals surface area contributed by atoms with Crippen LogP contribution in [0.15, 0.2) is 0 Å². The molecule has 0 radical (unpaired) electrons. The van der Waals surface area contributed by atoms with E-state index in [1.165, 1.54) is 0 Å². The lowest BCUT2D eigenvalue weighted by Gasteiger charge is -2.32. The lowest BCUT2D eigenvalue weighted by Crippen LogP contribution is -2.34. The number of nitrogens with one attached hydrogen (secondary N) is 1. The van der Waals surface area contributed by atoms with E-state index in [1.807, 2.05) is 4.68 Å². The minimum Gasteiger partial charge on any atom is -0.323 e. The predicted molar refractivity (Wildman–Crippen MR) is 74.9 cm³/mol. The molecule has 4 rings (SSSR count). The Kier molecular flexibility index (Phi) is 2.24. The third kappa shape index (κ3) is 1.22. The number of aromatic nitrogens is 3. The molecule has 2 saturated carbocycles. The maximum absolute atomic E-state index is 13.0. The molecule has 0 spiro atoms. The molecule has 108 valence electrons.